The Balaban J connectivity index is 2.00. The number of hydrogen-bond donors (Lipinski definition) is 0. The van der Waals surface area contributed by atoms with E-state index in [9.17, 15) is 13.6 Å². The van der Waals surface area contributed by atoms with E-state index < -0.39 is 11.3 Å². The molecule has 0 amide bonds. The summed E-state index contributed by atoms with van der Waals surface area (Å²) in [4.78, 5) is 12.1. The van der Waals surface area contributed by atoms with E-state index in [2.05, 4.69) is 0 Å². The van der Waals surface area contributed by atoms with Crippen LogP contribution in [0.4, 0.5) is 8.78 Å². The molecule has 18 heavy (non-hydrogen) atoms. The third kappa shape index (κ3) is 3.08. The van der Waals surface area contributed by atoms with Gasteiger partial charge in [-0.25, -0.2) is 8.78 Å². The minimum atomic E-state index is -2.61. The summed E-state index contributed by atoms with van der Waals surface area (Å²) in [5, 5.41) is -0.720. The van der Waals surface area contributed by atoms with Gasteiger partial charge < -0.3 is 0 Å². The number of rotatable bonds is 3. The van der Waals surface area contributed by atoms with Crippen LogP contribution in [0.2, 0.25) is 0 Å². The molecule has 0 radical (unpaired) electrons. The van der Waals surface area contributed by atoms with Crippen LogP contribution in [0.5, 0.6) is 0 Å². The molecule has 4 heteroatoms. The van der Waals surface area contributed by atoms with Gasteiger partial charge in [-0.15, -0.1) is 11.6 Å². The van der Waals surface area contributed by atoms with Gasteiger partial charge in [-0.1, -0.05) is 30.3 Å². The standard InChI is InChI=1S/C14H15ClF2O/c15-12(10-4-2-1-3-5-10)13(18)11-6-8-14(16,17)9-7-11/h1-5,11-12H,6-9H2. The van der Waals surface area contributed by atoms with Crippen molar-refractivity contribution in [1.82, 2.24) is 0 Å². The summed E-state index contributed by atoms with van der Waals surface area (Å²) in [7, 11) is 0. The first kappa shape index (κ1) is 13.5. The Hall–Kier alpha value is -0.960. The zero-order valence-corrected chi connectivity index (χ0v) is 10.7. The molecule has 1 aromatic rings. The van der Waals surface area contributed by atoms with Crippen LogP contribution in [0.1, 0.15) is 36.6 Å². The van der Waals surface area contributed by atoms with Gasteiger partial charge in [0, 0.05) is 18.8 Å². The molecule has 1 saturated carbocycles. The van der Waals surface area contributed by atoms with Crippen LogP contribution >= 0.6 is 11.6 Å². The summed E-state index contributed by atoms with van der Waals surface area (Å²) >= 11 is 6.12. The van der Waals surface area contributed by atoms with Crippen molar-refractivity contribution in [2.45, 2.75) is 37.0 Å². The quantitative estimate of drug-likeness (QED) is 0.747. The molecule has 2 rings (SSSR count). The number of carbonyl (C=O) groups is 1. The van der Waals surface area contributed by atoms with Crippen molar-refractivity contribution in [3.63, 3.8) is 0 Å². The molecule has 1 atom stereocenters. The normalized spacial score (nSPS) is 21.5. The zero-order chi connectivity index (χ0) is 13.2. The second-order valence-electron chi connectivity index (χ2n) is 4.81. The Labute approximate surface area is 110 Å². The van der Waals surface area contributed by atoms with Gasteiger partial charge in [-0.3, -0.25) is 4.79 Å². The smallest absolute Gasteiger partial charge is 0.248 e. The Morgan fingerprint density at radius 1 is 1.22 bits per heavy atom. The molecule has 1 unspecified atom stereocenters. The molecule has 0 saturated heterocycles. The topological polar surface area (TPSA) is 17.1 Å². The lowest BCUT2D eigenvalue weighted by Crippen LogP contribution is -2.30. The lowest BCUT2D eigenvalue weighted by molar-refractivity contribution is -0.126. The Morgan fingerprint density at radius 2 is 1.78 bits per heavy atom. The van der Waals surface area contributed by atoms with Crippen LogP contribution in [0.15, 0.2) is 30.3 Å². The van der Waals surface area contributed by atoms with E-state index in [4.69, 9.17) is 11.6 Å². The van der Waals surface area contributed by atoms with Crippen LogP contribution in [-0.4, -0.2) is 11.7 Å². The fourth-order valence-electron chi connectivity index (χ4n) is 2.32. The van der Waals surface area contributed by atoms with Gasteiger partial charge in [-0.05, 0) is 18.4 Å². The monoisotopic (exact) mass is 272 g/mol. The maximum Gasteiger partial charge on any atom is 0.248 e. The summed E-state index contributed by atoms with van der Waals surface area (Å²) in [5.74, 6) is -3.06. The average molecular weight is 273 g/mol. The van der Waals surface area contributed by atoms with Crippen LogP contribution in [-0.2, 0) is 4.79 Å². The molecule has 0 aliphatic heterocycles. The number of benzene rings is 1. The zero-order valence-electron chi connectivity index (χ0n) is 9.91. The number of ketones is 1. The molecule has 1 fully saturated rings. The third-order valence-electron chi connectivity index (χ3n) is 3.46. The van der Waals surface area contributed by atoms with Gasteiger partial charge in [0.25, 0.3) is 0 Å². The molecule has 98 valence electrons. The molecule has 1 aliphatic rings. The number of hydrogen-bond acceptors (Lipinski definition) is 1. The van der Waals surface area contributed by atoms with Crippen LogP contribution in [0, 0.1) is 5.92 Å². The fraction of sp³-hybridized carbons (Fsp3) is 0.500. The highest BCUT2D eigenvalue weighted by Crippen LogP contribution is 2.39. The van der Waals surface area contributed by atoms with Gasteiger partial charge in [0.05, 0.1) is 0 Å². The van der Waals surface area contributed by atoms with Gasteiger partial charge in [0.2, 0.25) is 5.92 Å². The summed E-state index contributed by atoms with van der Waals surface area (Å²) < 4.78 is 26.0. The number of alkyl halides is 3. The van der Waals surface area contributed by atoms with Crippen LogP contribution in [0.3, 0.4) is 0 Å². The highest BCUT2D eigenvalue weighted by atomic mass is 35.5. The van der Waals surface area contributed by atoms with Gasteiger partial charge in [0.1, 0.15) is 5.38 Å². The van der Waals surface area contributed by atoms with Gasteiger partial charge in [-0.2, -0.15) is 0 Å². The Bertz CT molecular complexity index is 409. The lowest BCUT2D eigenvalue weighted by Gasteiger charge is -2.28. The van der Waals surface area contributed by atoms with Gasteiger partial charge in [0.15, 0.2) is 5.78 Å². The van der Waals surface area contributed by atoms with Crippen molar-refractivity contribution in [2.24, 2.45) is 5.92 Å². The molecule has 0 spiro atoms. The summed E-state index contributed by atoms with van der Waals surface area (Å²) in [6, 6.07) is 9.04. The lowest BCUT2D eigenvalue weighted by atomic mass is 9.82. The SMILES string of the molecule is O=C(C1CCC(F)(F)CC1)C(Cl)c1ccccc1. The van der Waals surface area contributed by atoms with E-state index in [0.29, 0.717) is 0 Å². The first-order valence-corrected chi connectivity index (χ1v) is 6.54. The molecular formula is C14H15ClF2O. The Kier molecular flexibility index (Phi) is 4.00. The van der Waals surface area contributed by atoms with Crippen molar-refractivity contribution in [1.29, 1.82) is 0 Å². The van der Waals surface area contributed by atoms with Crippen LogP contribution < -0.4 is 0 Å². The highest BCUT2D eigenvalue weighted by Gasteiger charge is 2.38. The predicted molar refractivity (Wildman–Crippen MR) is 66.9 cm³/mol. The molecule has 1 aromatic carbocycles. The highest BCUT2D eigenvalue weighted by molar-refractivity contribution is 6.31. The van der Waals surface area contributed by atoms with E-state index in [-0.39, 0.29) is 37.4 Å². The molecule has 0 heterocycles. The predicted octanol–water partition coefficient (Wildman–Crippen LogP) is 4.36. The first-order valence-electron chi connectivity index (χ1n) is 6.10. The molecule has 0 bridgehead atoms. The number of halogens is 3. The van der Waals surface area contributed by atoms with Crippen molar-refractivity contribution < 1.29 is 13.6 Å². The second-order valence-corrected chi connectivity index (χ2v) is 5.24. The van der Waals surface area contributed by atoms with Crippen molar-refractivity contribution in [3.8, 4) is 0 Å². The number of carbonyl (C=O) groups excluding carboxylic acids is 1. The largest absolute Gasteiger partial charge is 0.297 e. The molecule has 1 nitrogen and oxygen atoms in total. The maximum atomic E-state index is 13.0. The fourth-order valence-corrected chi connectivity index (χ4v) is 2.64. The number of Topliss-reactive ketones (excluding diaryl/α,β-unsaturated/α-hetero) is 1. The van der Waals surface area contributed by atoms with E-state index in [1.807, 2.05) is 18.2 Å². The van der Waals surface area contributed by atoms with Crippen molar-refractivity contribution in [2.75, 3.05) is 0 Å². The van der Waals surface area contributed by atoms with E-state index in [1.54, 1.807) is 12.1 Å². The van der Waals surface area contributed by atoms with E-state index in [1.165, 1.54) is 0 Å². The second kappa shape index (κ2) is 5.35. The molecule has 1 aliphatic carbocycles. The summed E-state index contributed by atoms with van der Waals surface area (Å²) in [6.45, 7) is 0. The first-order chi connectivity index (χ1) is 8.49. The molecule has 0 N–H and O–H groups in total. The van der Waals surface area contributed by atoms with Gasteiger partial charge >= 0.3 is 0 Å². The van der Waals surface area contributed by atoms with E-state index >= 15 is 0 Å². The van der Waals surface area contributed by atoms with Crippen molar-refractivity contribution in [3.05, 3.63) is 35.9 Å². The average Bonchev–Trinajstić information content (AvgIpc) is 2.38. The summed E-state index contributed by atoms with van der Waals surface area (Å²) in [5.41, 5.74) is 0.738. The van der Waals surface area contributed by atoms with Crippen LogP contribution in [0.25, 0.3) is 0 Å². The third-order valence-corrected chi connectivity index (χ3v) is 3.93. The Morgan fingerprint density at radius 3 is 2.33 bits per heavy atom. The summed E-state index contributed by atoms with van der Waals surface area (Å²) in [6.07, 6.45) is 0.0629. The molecular weight excluding hydrogens is 258 g/mol. The maximum absolute atomic E-state index is 13.0. The van der Waals surface area contributed by atoms with E-state index in [0.717, 1.165) is 5.56 Å². The van der Waals surface area contributed by atoms with Crippen molar-refractivity contribution >= 4 is 17.4 Å². The minimum absolute atomic E-state index is 0.127. The molecule has 0 aromatic heterocycles. The minimum Gasteiger partial charge on any atom is -0.297 e.